The molecule has 0 radical (unpaired) electrons. The normalized spacial score (nSPS) is 17.4. The number of benzene rings is 1. The summed E-state index contributed by atoms with van der Waals surface area (Å²) in [5.41, 5.74) is 1.61. The van der Waals surface area contributed by atoms with Crippen molar-refractivity contribution in [2.24, 2.45) is 0 Å². The third-order valence-electron chi connectivity index (χ3n) is 4.41. The topological polar surface area (TPSA) is 45.2 Å². The molecule has 1 amide bonds. The minimum Gasteiger partial charge on any atom is -0.333 e. The lowest BCUT2D eigenvalue weighted by Crippen LogP contribution is -2.49. The van der Waals surface area contributed by atoms with Crippen molar-refractivity contribution in [1.29, 1.82) is 0 Å². The third-order valence-corrected chi connectivity index (χ3v) is 6.34. The molecule has 1 saturated heterocycles. The number of thiophene rings is 1. The molecule has 3 heterocycles. The van der Waals surface area contributed by atoms with Crippen LogP contribution in [0.15, 0.2) is 47.2 Å². The van der Waals surface area contributed by atoms with E-state index in [2.05, 4.69) is 10.3 Å². The molecule has 0 bridgehead atoms. The van der Waals surface area contributed by atoms with Gasteiger partial charge in [-0.15, -0.1) is 22.7 Å². The number of piperazine rings is 1. The smallest absolute Gasteiger partial charge is 0.229 e. The van der Waals surface area contributed by atoms with Crippen molar-refractivity contribution in [3.63, 3.8) is 0 Å². The summed E-state index contributed by atoms with van der Waals surface area (Å²) in [6, 6.07) is 10.4. The minimum atomic E-state index is -0.277. The molecule has 1 aliphatic heterocycles. The van der Waals surface area contributed by atoms with Crippen LogP contribution in [0.25, 0.3) is 9.88 Å². The van der Waals surface area contributed by atoms with Crippen LogP contribution < -0.4 is 5.32 Å². The van der Waals surface area contributed by atoms with Gasteiger partial charge >= 0.3 is 0 Å². The van der Waals surface area contributed by atoms with Gasteiger partial charge in [0.05, 0.1) is 23.0 Å². The largest absolute Gasteiger partial charge is 0.333 e. The van der Waals surface area contributed by atoms with Crippen molar-refractivity contribution in [3.05, 3.63) is 64.2 Å². The number of hydrogen-bond donors (Lipinski definition) is 1. The van der Waals surface area contributed by atoms with Gasteiger partial charge in [0.2, 0.25) is 5.91 Å². The average Bonchev–Trinajstić information content (AvgIpc) is 3.33. The zero-order chi connectivity index (χ0) is 17.9. The predicted molar refractivity (Wildman–Crippen MR) is 103 cm³/mol. The highest BCUT2D eigenvalue weighted by atomic mass is 32.1. The van der Waals surface area contributed by atoms with Gasteiger partial charge in [-0.25, -0.2) is 9.37 Å². The molecule has 3 aromatic rings. The Labute approximate surface area is 159 Å². The summed E-state index contributed by atoms with van der Waals surface area (Å²) in [5, 5.41) is 8.21. The van der Waals surface area contributed by atoms with E-state index < -0.39 is 0 Å². The fraction of sp³-hybridized carbons (Fsp3) is 0.263. The Balaban J connectivity index is 1.50. The lowest BCUT2D eigenvalue weighted by atomic mass is 10.0. The lowest BCUT2D eigenvalue weighted by molar-refractivity contribution is -0.133. The van der Waals surface area contributed by atoms with Crippen molar-refractivity contribution in [3.8, 4) is 9.88 Å². The van der Waals surface area contributed by atoms with E-state index in [1.165, 1.54) is 12.1 Å². The van der Waals surface area contributed by atoms with E-state index in [1.807, 2.05) is 33.9 Å². The molecule has 4 rings (SSSR count). The van der Waals surface area contributed by atoms with Gasteiger partial charge in [0.15, 0.2) is 0 Å². The van der Waals surface area contributed by atoms with Gasteiger partial charge in [0.25, 0.3) is 0 Å². The van der Waals surface area contributed by atoms with Crippen molar-refractivity contribution in [2.75, 3.05) is 19.6 Å². The zero-order valence-corrected chi connectivity index (χ0v) is 15.7. The van der Waals surface area contributed by atoms with Crippen LogP contribution in [-0.4, -0.2) is 35.4 Å². The summed E-state index contributed by atoms with van der Waals surface area (Å²) in [6.45, 7) is 1.99. The highest BCUT2D eigenvalue weighted by molar-refractivity contribution is 7.20. The number of carbonyl (C=O) groups excluding carboxylic acids is 1. The number of thiazole rings is 1. The summed E-state index contributed by atoms with van der Waals surface area (Å²) >= 11 is 3.21. The number of hydrogen-bond acceptors (Lipinski definition) is 5. The van der Waals surface area contributed by atoms with E-state index in [0.717, 1.165) is 27.7 Å². The zero-order valence-electron chi connectivity index (χ0n) is 14.0. The molecule has 0 saturated carbocycles. The fourth-order valence-corrected chi connectivity index (χ4v) is 4.81. The van der Waals surface area contributed by atoms with E-state index >= 15 is 0 Å². The lowest BCUT2D eigenvalue weighted by Gasteiger charge is -2.36. The molecular formula is C19H18FN3OS2. The van der Waals surface area contributed by atoms with Gasteiger partial charge < -0.3 is 10.2 Å². The number of nitrogens with one attached hydrogen (secondary N) is 1. The Morgan fingerprint density at radius 1 is 1.31 bits per heavy atom. The Hall–Kier alpha value is -2.09. The molecule has 26 heavy (non-hydrogen) atoms. The quantitative estimate of drug-likeness (QED) is 0.742. The highest BCUT2D eigenvalue weighted by Gasteiger charge is 2.28. The van der Waals surface area contributed by atoms with Crippen molar-refractivity contribution < 1.29 is 9.18 Å². The van der Waals surface area contributed by atoms with Crippen molar-refractivity contribution >= 4 is 28.6 Å². The molecule has 0 aliphatic carbocycles. The van der Waals surface area contributed by atoms with Crippen LogP contribution in [0, 0.1) is 5.82 Å². The number of amides is 1. The Morgan fingerprint density at radius 2 is 2.23 bits per heavy atom. The first-order valence-corrected chi connectivity index (χ1v) is 10.2. The third kappa shape index (κ3) is 3.70. The predicted octanol–water partition coefficient (Wildman–Crippen LogP) is 3.73. The van der Waals surface area contributed by atoms with Gasteiger partial charge in [-0.1, -0.05) is 18.2 Å². The second-order valence-corrected chi connectivity index (χ2v) is 7.97. The van der Waals surface area contributed by atoms with Gasteiger partial charge in [0.1, 0.15) is 10.8 Å². The summed E-state index contributed by atoms with van der Waals surface area (Å²) < 4.78 is 13.6. The van der Waals surface area contributed by atoms with E-state index in [-0.39, 0.29) is 24.2 Å². The van der Waals surface area contributed by atoms with Crippen molar-refractivity contribution in [2.45, 2.75) is 12.5 Å². The Kier molecular flexibility index (Phi) is 5.10. The van der Waals surface area contributed by atoms with Crippen LogP contribution in [0.1, 0.15) is 17.3 Å². The van der Waals surface area contributed by atoms with Gasteiger partial charge in [-0.2, -0.15) is 0 Å². The number of carbonyl (C=O) groups is 1. The monoisotopic (exact) mass is 387 g/mol. The number of nitrogens with zero attached hydrogens (tertiary/aromatic N) is 2. The van der Waals surface area contributed by atoms with Crippen LogP contribution in [0.4, 0.5) is 4.39 Å². The summed E-state index contributed by atoms with van der Waals surface area (Å²) in [7, 11) is 0. The first-order chi connectivity index (χ1) is 12.7. The molecule has 1 unspecified atom stereocenters. The molecule has 1 atom stereocenters. The molecule has 1 fully saturated rings. The number of rotatable bonds is 4. The van der Waals surface area contributed by atoms with Crippen LogP contribution in [0.3, 0.4) is 0 Å². The second-order valence-electron chi connectivity index (χ2n) is 6.16. The summed E-state index contributed by atoms with van der Waals surface area (Å²) in [4.78, 5) is 20.5. The van der Waals surface area contributed by atoms with Crippen molar-refractivity contribution in [1.82, 2.24) is 15.2 Å². The molecule has 0 spiro atoms. The van der Waals surface area contributed by atoms with E-state index in [1.54, 1.807) is 28.7 Å². The standard InChI is InChI=1S/C19H18FN3OS2/c20-14-4-1-3-13(9-14)16-11-21-6-7-23(16)18(24)10-15-12-26-19(22-15)17-5-2-8-25-17/h1-5,8-9,12,16,21H,6-7,10-11H2. The maximum atomic E-state index is 13.6. The molecule has 2 aromatic heterocycles. The molecule has 4 nitrogen and oxygen atoms in total. The van der Waals surface area contributed by atoms with Crippen LogP contribution in [0.2, 0.25) is 0 Å². The average molecular weight is 388 g/mol. The molecule has 134 valence electrons. The Bertz CT molecular complexity index is 894. The number of aromatic nitrogens is 1. The van der Waals surface area contributed by atoms with Gasteiger partial charge in [-0.3, -0.25) is 4.79 Å². The van der Waals surface area contributed by atoms with Gasteiger partial charge in [-0.05, 0) is 29.1 Å². The van der Waals surface area contributed by atoms with Crippen LogP contribution in [-0.2, 0) is 11.2 Å². The van der Waals surface area contributed by atoms with E-state index in [4.69, 9.17) is 0 Å². The molecule has 1 aliphatic rings. The first-order valence-electron chi connectivity index (χ1n) is 8.44. The highest BCUT2D eigenvalue weighted by Crippen LogP contribution is 2.29. The van der Waals surface area contributed by atoms with E-state index in [9.17, 15) is 9.18 Å². The fourth-order valence-electron chi connectivity index (χ4n) is 3.17. The minimum absolute atomic E-state index is 0.0313. The van der Waals surface area contributed by atoms with Gasteiger partial charge in [0, 0.05) is 25.0 Å². The maximum absolute atomic E-state index is 13.6. The SMILES string of the molecule is O=C(Cc1csc(-c2cccs2)n1)N1CCNCC1c1cccc(F)c1. The van der Waals surface area contributed by atoms with Crippen LogP contribution >= 0.6 is 22.7 Å². The first kappa shape index (κ1) is 17.3. The Morgan fingerprint density at radius 3 is 3.04 bits per heavy atom. The number of halogens is 1. The second kappa shape index (κ2) is 7.65. The molecular weight excluding hydrogens is 369 g/mol. The summed E-state index contributed by atoms with van der Waals surface area (Å²) in [5.74, 6) is -0.246. The van der Waals surface area contributed by atoms with Crippen LogP contribution in [0.5, 0.6) is 0 Å². The maximum Gasteiger partial charge on any atom is 0.229 e. The summed E-state index contributed by atoms with van der Waals surface area (Å²) in [6.07, 6.45) is 0.272. The molecule has 1 N–H and O–H groups in total. The molecule has 1 aromatic carbocycles. The molecule has 7 heteroatoms. The van der Waals surface area contributed by atoms with E-state index in [0.29, 0.717) is 13.1 Å².